The second kappa shape index (κ2) is 9.15. The molecule has 0 aromatic carbocycles. The molecule has 0 amide bonds. The minimum absolute atomic E-state index is 0.125. The zero-order valence-corrected chi connectivity index (χ0v) is 16.9. The summed E-state index contributed by atoms with van der Waals surface area (Å²) in [7, 11) is 0. The summed E-state index contributed by atoms with van der Waals surface area (Å²) in [5.41, 5.74) is 2.34. The van der Waals surface area contributed by atoms with Crippen molar-refractivity contribution in [1.29, 1.82) is 0 Å². The topological polar surface area (TPSA) is 89.9 Å². The van der Waals surface area contributed by atoms with Crippen molar-refractivity contribution in [3.05, 3.63) is 47.1 Å². The van der Waals surface area contributed by atoms with Gasteiger partial charge in [-0.3, -0.25) is 9.59 Å². The molecule has 1 aliphatic carbocycles. The molecule has 2 rings (SSSR count). The Morgan fingerprint density at radius 2 is 1.93 bits per heavy atom. The van der Waals surface area contributed by atoms with E-state index in [9.17, 15) is 19.5 Å². The van der Waals surface area contributed by atoms with Crippen LogP contribution < -0.4 is 0 Å². The first kappa shape index (κ1) is 21.8. The SMILES string of the molecule is C=C1C(=O)O[C@@H]2/C=C(/C)C[C@H](O)/C=C(/C)CC(C(=O)/C(=C\C)COC(C)=O)[C@@H]12. The predicted molar refractivity (Wildman–Crippen MR) is 104 cm³/mol. The quantitative estimate of drug-likeness (QED) is 0.452. The van der Waals surface area contributed by atoms with E-state index >= 15 is 0 Å². The molecular formula is C22H28O6. The molecule has 0 aromatic rings. The largest absolute Gasteiger partial charge is 0.461 e. The first-order chi connectivity index (χ1) is 13.1. The van der Waals surface area contributed by atoms with Gasteiger partial charge in [0.1, 0.15) is 12.7 Å². The van der Waals surface area contributed by atoms with E-state index in [1.807, 2.05) is 13.8 Å². The maximum Gasteiger partial charge on any atom is 0.334 e. The van der Waals surface area contributed by atoms with Gasteiger partial charge in [-0.2, -0.15) is 0 Å². The Kier molecular flexibility index (Phi) is 7.13. The summed E-state index contributed by atoms with van der Waals surface area (Å²) in [6.45, 7) is 10.4. The maximum absolute atomic E-state index is 13.3. The second-order valence-corrected chi connectivity index (χ2v) is 7.49. The maximum atomic E-state index is 13.3. The van der Waals surface area contributed by atoms with Gasteiger partial charge in [0.15, 0.2) is 5.78 Å². The van der Waals surface area contributed by atoms with Gasteiger partial charge in [0.25, 0.3) is 0 Å². The Labute approximate surface area is 165 Å². The van der Waals surface area contributed by atoms with E-state index in [1.165, 1.54) is 6.92 Å². The van der Waals surface area contributed by atoms with E-state index in [4.69, 9.17) is 9.47 Å². The molecule has 1 heterocycles. The average Bonchev–Trinajstić information content (AvgIpc) is 2.85. The summed E-state index contributed by atoms with van der Waals surface area (Å²) in [6.07, 6.45) is 4.63. The number of esters is 2. The number of hydrogen-bond donors (Lipinski definition) is 1. The number of carbonyl (C=O) groups excluding carboxylic acids is 3. The molecule has 0 saturated carbocycles. The lowest BCUT2D eigenvalue weighted by Crippen LogP contribution is -2.33. The lowest BCUT2D eigenvalue weighted by Gasteiger charge is -2.27. The van der Waals surface area contributed by atoms with Crippen molar-refractivity contribution >= 4 is 17.7 Å². The Hall–Kier alpha value is -2.47. The molecule has 28 heavy (non-hydrogen) atoms. The minimum atomic E-state index is -0.675. The predicted octanol–water partition coefficient (Wildman–Crippen LogP) is 2.83. The molecule has 6 heteroatoms. The fourth-order valence-electron chi connectivity index (χ4n) is 3.79. The Bertz CT molecular complexity index is 770. The smallest absolute Gasteiger partial charge is 0.334 e. The fraction of sp³-hybridized carbons (Fsp3) is 0.500. The zero-order chi connectivity index (χ0) is 21.0. The van der Waals surface area contributed by atoms with Crippen LogP contribution in [-0.4, -0.2) is 41.6 Å². The highest BCUT2D eigenvalue weighted by Crippen LogP contribution is 2.39. The van der Waals surface area contributed by atoms with E-state index < -0.39 is 36.0 Å². The number of allylic oxidation sites excluding steroid dienone is 2. The molecule has 0 spiro atoms. The second-order valence-electron chi connectivity index (χ2n) is 7.49. The first-order valence-electron chi connectivity index (χ1n) is 9.39. The van der Waals surface area contributed by atoms with Crippen LogP contribution in [0.5, 0.6) is 0 Å². The van der Waals surface area contributed by atoms with Gasteiger partial charge in [0, 0.05) is 29.9 Å². The standard InChI is InChI=1S/C22H28O6/c1-6-16(11-27-15(5)23)21(25)18-9-12(2)7-17(24)8-13(3)10-19-20(18)14(4)22(26)28-19/h6-7,10,17-20,24H,4,8-9,11H2,1-3,5H3/b12-7-,13-10-,16-6-/t17-,18?,19-,20-/m1/s1. The van der Waals surface area contributed by atoms with Crippen molar-refractivity contribution in [3.8, 4) is 0 Å². The molecule has 0 aromatic heterocycles. The number of aliphatic hydroxyl groups excluding tert-OH is 1. The highest BCUT2D eigenvalue weighted by atomic mass is 16.6. The summed E-state index contributed by atoms with van der Waals surface area (Å²) < 4.78 is 10.5. The Morgan fingerprint density at radius 3 is 2.54 bits per heavy atom. The summed E-state index contributed by atoms with van der Waals surface area (Å²) in [6, 6.07) is 0. The molecule has 152 valence electrons. The minimum Gasteiger partial charge on any atom is -0.461 e. The van der Waals surface area contributed by atoms with Crippen molar-refractivity contribution < 1.29 is 29.0 Å². The van der Waals surface area contributed by atoms with Crippen LogP contribution in [0.15, 0.2) is 47.1 Å². The number of fused-ring (bicyclic) bond motifs is 1. The summed E-state index contributed by atoms with van der Waals surface area (Å²) >= 11 is 0. The van der Waals surface area contributed by atoms with Crippen LogP contribution in [0.1, 0.15) is 40.5 Å². The molecule has 1 fully saturated rings. The van der Waals surface area contributed by atoms with Crippen molar-refractivity contribution in [2.75, 3.05) is 6.61 Å². The average molecular weight is 388 g/mol. The fourth-order valence-corrected chi connectivity index (χ4v) is 3.79. The van der Waals surface area contributed by atoms with Gasteiger partial charge in [0.2, 0.25) is 0 Å². The number of ketones is 1. The molecule has 2 aliphatic rings. The molecule has 1 N–H and O–H groups in total. The normalized spacial score (nSPS) is 32.4. The highest BCUT2D eigenvalue weighted by Gasteiger charge is 2.45. The van der Waals surface area contributed by atoms with Gasteiger partial charge in [-0.1, -0.05) is 29.9 Å². The van der Waals surface area contributed by atoms with Gasteiger partial charge in [-0.25, -0.2) is 4.79 Å². The highest BCUT2D eigenvalue weighted by molar-refractivity contribution is 6.00. The molecule has 0 radical (unpaired) electrons. The number of aliphatic hydroxyl groups is 1. The van der Waals surface area contributed by atoms with E-state index in [-0.39, 0.29) is 18.0 Å². The van der Waals surface area contributed by atoms with Gasteiger partial charge in [0.05, 0.1) is 6.10 Å². The molecule has 1 saturated heterocycles. The third-order valence-electron chi connectivity index (χ3n) is 5.13. The van der Waals surface area contributed by atoms with Gasteiger partial charge in [-0.15, -0.1) is 0 Å². The summed E-state index contributed by atoms with van der Waals surface area (Å²) in [5, 5.41) is 10.2. The van der Waals surface area contributed by atoms with Gasteiger partial charge in [-0.05, 0) is 39.7 Å². The zero-order valence-electron chi connectivity index (χ0n) is 16.9. The van der Waals surface area contributed by atoms with Crippen molar-refractivity contribution in [2.24, 2.45) is 11.8 Å². The van der Waals surface area contributed by atoms with E-state index in [2.05, 4.69) is 6.58 Å². The third kappa shape index (κ3) is 5.07. The lowest BCUT2D eigenvalue weighted by molar-refractivity contribution is -0.141. The van der Waals surface area contributed by atoms with Crippen LogP contribution in [0.2, 0.25) is 0 Å². The van der Waals surface area contributed by atoms with E-state index in [0.29, 0.717) is 18.4 Å². The number of hydrogen-bond acceptors (Lipinski definition) is 6. The summed E-state index contributed by atoms with van der Waals surface area (Å²) in [5.74, 6) is -2.33. The van der Waals surface area contributed by atoms with Crippen molar-refractivity contribution in [3.63, 3.8) is 0 Å². The number of carbonyl (C=O) groups is 3. The molecule has 1 unspecified atom stereocenters. The number of ether oxygens (including phenoxy) is 2. The lowest BCUT2D eigenvalue weighted by atomic mass is 9.75. The number of Topliss-reactive ketones (excluding diaryl/α,β-unsaturated/α-hetero) is 1. The van der Waals surface area contributed by atoms with Crippen LogP contribution in [0.4, 0.5) is 0 Å². The first-order valence-corrected chi connectivity index (χ1v) is 9.39. The van der Waals surface area contributed by atoms with E-state index in [1.54, 1.807) is 25.2 Å². The van der Waals surface area contributed by atoms with Gasteiger partial charge >= 0.3 is 11.9 Å². The van der Waals surface area contributed by atoms with Crippen molar-refractivity contribution in [1.82, 2.24) is 0 Å². The molecule has 0 bridgehead atoms. The Morgan fingerprint density at radius 1 is 1.29 bits per heavy atom. The van der Waals surface area contributed by atoms with Crippen LogP contribution in [-0.2, 0) is 23.9 Å². The monoisotopic (exact) mass is 388 g/mol. The third-order valence-corrected chi connectivity index (χ3v) is 5.13. The van der Waals surface area contributed by atoms with E-state index in [0.717, 1.165) is 11.1 Å². The number of rotatable bonds is 4. The van der Waals surface area contributed by atoms with Gasteiger partial charge < -0.3 is 14.6 Å². The Balaban J connectivity index is 2.46. The summed E-state index contributed by atoms with van der Waals surface area (Å²) in [4.78, 5) is 36.7. The van der Waals surface area contributed by atoms with Crippen LogP contribution in [0.25, 0.3) is 0 Å². The van der Waals surface area contributed by atoms with Crippen LogP contribution in [0, 0.1) is 11.8 Å². The van der Waals surface area contributed by atoms with Crippen molar-refractivity contribution in [2.45, 2.75) is 52.7 Å². The van der Waals surface area contributed by atoms with Crippen LogP contribution >= 0.6 is 0 Å². The van der Waals surface area contributed by atoms with Crippen LogP contribution in [0.3, 0.4) is 0 Å². The molecule has 1 aliphatic heterocycles. The molecule has 6 nitrogen and oxygen atoms in total. The molecule has 4 atom stereocenters. The molecular weight excluding hydrogens is 360 g/mol.